The summed E-state index contributed by atoms with van der Waals surface area (Å²) in [4.78, 5) is 14.3. The summed E-state index contributed by atoms with van der Waals surface area (Å²) in [5.74, 6) is 2.42. The summed E-state index contributed by atoms with van der Waals surface area (Å²) in [6, 6.07) is 11.8. The van der Waals surface area contributed by atoms with Crippen LogP contribution < -0.4 is 0 Å². The van der Waals surface area contributed by atoms with Crippen LogP contribution in [0.5, 0.6) is 0 Å². The first kappa shape index (κ1) is 22.3. The number of hydrogen-bond acceptors (Lipinski definition) is 6. The van der Waals surface area contributed by atoms with Gasteiger partial charge in [-0.25, -0.2) is 0 Å². The molecule has 1 saturated carbocycles. The zero-order valence-electron chi connectivity index (χ0n) is 18.3. The minimum atomic E-state index is 0.160. The van der Waals surface area contributed by atoms with Crippen molar-refractivity contribution in [2.75, 3.05) is 0 Å². The van der Waals surface area contributed by atoms with Crippen LogP contribution in [0.4, 0.5) is 0 Å². The molecule has 0 saturated heterocycles. The second-order valence-corrected chi connectivity index (χ2v) is 7.69. The van der Waals surface area contributed by atoms with Gasteiger partial charge in [-0.05, 0) is 92.1 Å². The number of rotatable bonds is 9. The summed E-state index contributed by atoms with van der Waals surface area (Å²) >= 11 is 0. The topological polar surface area (TPSA) is 76.5 Å². The van der Waals surface area contributed by atoms with E-state index in [1.165, 1.54) is 0 Å². The van der Waals surface area contributed by atoms with Gasteiger partial charge >= 0.3 is 0 Å². The van der Waals surface area contributed by atoms with E-state index in [1.807, 2.05) is 91.5 Å². The molecule has 33 heavy (non-hydrogen) atoms. The third-order valence-corrected chi connectivity index (χ3v) is 5.19. The average Bonchev–Trinajstić information content (AvgIpc) is 3.61. The Hall–Kier alpha value is -3.93. The predicted octanol–water partition coefficient (Wildman–Crippen LogP) is 6.41. The van der Waals surface area contributed by atoms with Crippen LogP contribution in [0.15, 0.2) is 102 Å². The maximum absolute atomic E-state index is 5.31. The molecule has 3 aromatic heterocycles. The Morgan fingerprint density at radius 2 is 0.879 bits per heavy atom. The van der Waals surface area contributed by atoms with E-state index in [-0.39, 0.29) is 18.1 Å². The highest BCUT2D eigenvalue weighted by Gasteiger charge is 2.27. The highest BCUT2D eigenvalue weighted by atomic mass is 16.3. The lowest BCUT2D eigenvalue weighted by atomic mass is 9.88. The maximum Gasteiger partial charge on any atom is 0.126 e. The Kier molecular flexibility index (Phi) is 8.23. The molecule has 0 radical (unpaired) electrons. The van der Waals surface area contributed by atoms with Gasteiger partial charge in [-0.2, -0.15) is 0 Å². The van der Waals surface area contributed by atoms with Crippen molar-refractivity contribution in [2.45, 2.75) is 37.4 Å². The van der Waals surface area contributed by atoms with Gasteiger partial charge in [-0.1, -0.05) is 0 Å². The smallest absolute Gasteiger partial charge is 0.126 e. The standard InChI is InChI=1S/C27H27N3O3/c1(7-25-10-4-16-31-25)13-28-22-19-23(29-14-2-8-26-11-5-17-32-26)21-24(20-22)30-15-3-9-27-12-6-18-33-27/h1-18,22-24H,19-21H2. The fourth-order valence-electron chi connectivity index (χ4n) is 3.68. The quantitative estimate of drug-likeness (QED) is 0.360. The van der Waals surface area contributed by atoms with Gasteiger partial charge in [0.25, 0.3) is 0 Å². The van der Waals surface area contributed by atoms with E-state index in [2.05, 4.69) is 0 Å². The van der Waals surface area contributed by atoms with Crippen molar-refractivity contribution in [1.29, 1.82) is 0 Å². The molecule has 0 bridgehead atoms. The van der Waals surface area contributed by atoms with Crippen molar-refractivity contribution in [3.63, 3.8) is 0 Å². The summed E-state index contributed by atoms with van der Waals surface area (Å²) in [5, 5.41) is 0. The minimum Gasteiger partial charge on any atom is -0.465 e. The zero-order valence-corrected chi connectivity index (χ0v) is 18.3. The molecule has 6 nitrogen and oxygen atoms in total. The van der Waals surface area contributed by atoms with E-state index in [4.69, 9.17) is 28.2 Å². The van der Waals surface area contributed by atoms with Gasteiger partial charge in [0, 0.05) is 18.6 Å². The van der Waals surface area contributed by atoms with Crippen LogP contribution in [0.3, 0.4) is 0 Å². The van der Waals surface area contributed by atoms with Gasteiger partial charge in [-0.15, -0.1) is 0 Å². The molecule has 0 amide bonds. The van der Waals surface area contributed by atoms with Gasteiger partial charge in [0.15, 0.2) is 0 Å². The Morgan fingerprint density at radius 1 is 0.545 bits per heavy atom. The lowest BCUT2D eigenvalue weighted by molar-refractivity contribution is 0.358. The van der Waals surface area contributed by atoms with E-state index in [0.717, 1.165) is 36.5 Å². The van der Waals surface area contributed by atoms with Crippen LogP contribution in [0, 0.1) is 0 Å². The Bertz CT molecular complexity index is 953. The summed E-state index contributed by atoms with van der Waals surface area (Å²) in [7, 11) is 0. The molecule has 6 heteroatoms. The number of nitrogens with zero attached hydrogens (tertiary/aromatic N) is 3. The SMILES string of the molecule is C(=Cc1ccco1)C=NC1CC(N=CC=Cc2ccco2)CC(N=CC=Cc2ccco2)C1. The largest absolute Gasteiger partial charge is 0.465 e. The molecule has 0 spiro atoms. The lowest BCUT2D eigenvalue weighted by Gasteiger charge is -2.28. The van der Waals surface area contributed by atoms with Crippen molar-refractivity contribution in [3.05, 3.63) is 90.7 Å². The molecule has 0 atom stereocenters. The molecular formula is C27H27N3O3. The van der Waals surface area contributed by atoms with Gasteiger partial charge in [0.05, 0.1) is 36.9 Å². The van der Waals surface area contributed by atoms with Gasteiger partial charge < -0.3 is 13.3 Å². The molecule has 0 aromatic carbocycles. The molecular weight excluding hydrogens is 414 g/mol. The van der Waals surface area contributed by atoms with E-state index >= 15 is 0 Å². The normalized spacial score (nSPS) is 22.4. The fraction of sp³-hybridized carbons (Fsp3) is 0.222. The van der Waals surface area contributed by atoms with Crippen molar-refractivity contribution in [1.82, 2.24) is 0 Å². The first-order valence-corrected chi connectivity index (χ1v) is 11.1. The molecule has 0 aliphatic heterocycles. The first-order chi connectivity index (χ1) is 16.3. The number of aliphatic imine (C=N–C) groups is 3. The molecule has 4 rings (SSSR count). The predicted molar refractivity (Wildman–Crippen MR) is 134 cm³/mol. The molecule has 0 unspecified atom stereocenters. The van der Waals surface area contributed by atoms with Crippen molar-refractivity contribution in [2.24, 2.45) is 15.0 Å². The molecule has 1 aliphatic carbocycles. The lowest BCUT2D eigenvalue weighted by Crippen LogP contribution is -2.30. The van der Waals surface area contributed by atoms with Crippen LogP contribution in [0.25, 0.3) is 18.2 Å². The van der Waals surface area contributed by atoms with Crippen LogP contribution >= 0.6 is 0 Å². The summed E-state index contributed by atoms with van der Waals surface area (Å²) in [6.45, 7) is 0. The second-order valence-electron chi connectivity index (χ2n) is 7.69. The molecule has 1 aliphatic rings. The van der Waals surface area contributed by atoms with Crippen LogP contribution in [0.1, 0.15) is 36.5 Å². The molecule has 168 valence electrons. The van der Waals surface area contributed by atoms with Crippen LogP contribution in [-0.4, -0.2) is 36.8 Å². The number of furan rings is 3. The number of allylic oxidation sites excluding steroid dienone is 3. The van der Waals surface area contributed by atoms with Gasteiger partial charge in [-0.3, -0.25) is 15.0 Å². The van der Waals surface area contributed by atoms with Crippen molar-refractivity contribution in [3.8, 4) is 0 Å². The monoisotopic (exact) mass is 441 g/mol. The van der Waals surface area contributed by atoms with E-state index in [0.29, 0.717) is 0 Å². The minimum absolute atomic E-state index is 0.160. The van der Waals surface area contributed by atoms with Crippen molar-refractivity contribution >= 4 is 36.9 Å². The fourth-order valence-corrected chi connectivity index (χ4v) is 3.68. The van der Waals surface area contributed by atoms with Crippen molar-refractivity contribution < 1.29 is 13.3 Å². The van der Waals surface area contributed by atoms with Crippen LogP contribution in [-0.2, 0) is 0 Å². The highest BCUT2D eigenvalue weighted by molar-refractivity contribution is 5.79. The molecule has 3 heterocycles. The Morgan fingerprint density at radius 3 is 1.15 bits per heavy atom. The van der Waals surface area contributed by atoms with Crippen LogP contribution in [0.2, 0.25) is 0 Å². The summed E-state index contributed by atoms with van der Waals surface area (Å²) in [5.41, 5.74) is 0. The third kappa shape index (κ3) is 7.61. The summed E-state index contributed by atoms with van der Waals surface area (Å²) in [6.07, 6.45) is 24.6. The summed E-state index contributed by atoms with van der Waals surface area (Å²) < 4.78 is 15.9. The Balaban J connectivity index is 1.37. The molecule has 1 fully saturated rings. The third-order valence-electron chi connectivity index (χ3n) is 5.19. The van der Waals surface area contributed by atoms with E-state index in [1.54, 1.807) is 18.8 Å². The second kappa shape index (κ2) is 12.2. The maximum atomic E-state index is 5.31. The van der Waals surface area contributed by atoms with E-state index < -0.39 is 0 Å². The highest BCUT2D eigenvalue weighted by Crippen LogP contribution is 2.26. The average molecular weight is 442 g/mol. The molecule has 3 aromatic rings. The van der Waals surface area contributed by atoms with E-state index in [9.17, 15) is 0 Å². The zero-order chi connectivity index (χ0) is 22.6. The van der Waals surface area contributed by atoms with Gasteiger partial charge in [0.1, 0.15) is 17.3 Å². The number of hydrogen-bond donors (Lipinski definition) is 0. The first-order valence-electron chi connectivity index (χ1n) is 11.1. The molecule has 0 N–H and O–H groups in total. The van der Waals surface area contributed by atoms with Gasteiger partial charge in [0.2, 0.25) is 0 Å². The Labute approximate surface area is 193 Å².